The highest BCUT2D eigenvalue weighted by Gasteiger charge is 2.31. The second-order valence-electron chi connectivity index (χ2n) is 13.8. The van der Waals surface area contributed by atoms with Gasteiger partial charge in [-0.15, -0.1) is 0 Å². The molecule has 0 saturated carbocycles. The molecule has 0 aromatic carbocycles. The van der Waals surface area contributed by atoms with Crippen LogP contribution in [0.25, 0.3) is 0 Å². The van der Waals surface area contributed by atoms with Gasteiger partial charge in [-0.05, 0) is 50.4 Å². The summed E-state index contributed by atoms with van der Waals surface area (Å²) in [6.07, 6.45) is -2.74. The zero-order chi connectivity index (χ0) is 35.9. The molecule has 8 N–H and O–H groups in total. The Balaban J connectivity index is 5.35. The molecule has 0 unspecified atom stereocenters. The van der Waals surface area contributed by atoms with Crippen LogP contribution in [-0.2, 0) is 28.8 Å². The molecule has 46 heavy (non-hydrogen) atoms. The van der Waals surface area contributed by atoms with Crippen molar-refractivity contribution in [2.24, 2.45) is 23.7 Å². The lowest BCUT2D eigenvalue weighted by Crippen LogP contribution is -2.57. The molecule has 0 spiro atoms. The number of rotatable bonds is 21. The first kappa shape index (κ1) is 42.7. The largest absolute Gasteiger partial charge is 0.481 e. The first-order valence-corrected chi connectivity index (χ1v) is 16.2. The summed E-state index contributed by atoms with van der Waals surface area (Å²) in [5, 5.41) is 43.4. The Bertz CT molecular complexity index is 1020. The summed E-state index contributed by atoms with van der Waals surface area (Å²) in [6.45, 7) is 17.7. The molecule has 266 valence electrons. The molecule has 14 heteroatoms. The molecule has 0 aromatic rings. The SMILES string of the molecule is CC(C)CC(=O)N[C@H](C(=O)N[C@@H](C)C(=O)N[C@@H](CC(C)C)[C@H](O)CC(=O)N[C@@H](C)C(=O)N[C@@H](CC(C)C)[C@H](O)CC(=O)O)C(C)C. The molecule has 0 saturated heterocycles. The summed E-state index contributed by atoms with van der Waals surface area (Å²) in [7, 11) is 0. The first-order valence-electron chi connectivity index (χ1n) is 16.2. The second-order valence-corrected chi connectivity index (χ2v) is 13.8. The van der Waals surface area contributed by atoms with Crippen molar-refractivity contribution in [3.8, 4) is 0 Å². The van der Waals surface area contributed by atoms with Crippen LogP contribution >= 0.6 is 0 Å². The normalized spacial score (nSPS) is 16.2. The maximum absolute atomic E-state index is 13.1. The van der Waals surface area contributed by atoms with Gasteiger partial charge in [-0.3, -0.25) is 28.8 Å². The van der Waals surface area contributed by atoms with Crippen LogP contribution in [0.15, 0.2) is 0 Å². The third kappa shape index (κ3) is 17.4. The molecular formula is C32H59N5O9. The van der Waals surface area contributed by atoms with Crippen LogP contribution in [0.3, 0.4) is 0 Å². The van der Waals surface area contributed by atoms with Gasteiger partial charge in [0.05, 0.1) is 37.1 Å². The zero-order valence-corrected chi connectivity index (χ0v) is 29.2. The van der Waals surface area contributed by atoms with Crippen molar-refractivity contribution in [1.82, 2.24) is 26.6 Å². The van der Waals surface area contributed by atoms with Crippen LogP contribution in [0.2, 0.25) is 0 Å². The van der Waals surface area contributed by atoms with E-state index in [4.69, 9.17) is 5.11 Å². The van der Waals surface area contributed by atoms with E-state index in [1.165, 1.54) is 13.8 Å². The Morgan fingerprint density at radius 3 is 1.30 bits per heavy atom. The number of nitrogens with one attached hydrogen (secondary N) is 5. The average molecular weight is 658 g/mol. The molecule has 0 fully saturated rings. The number of aliphatic hydroxyl groups is 2. The first-order chi connectivity index (χ1) is 21.1. The van der Waals surface area contributed by atoms with Gasteiger partial charge >= 0.3 is 5.97 Å². The van der Waals surface area contributed by atoms with Crippen molar-refractivity contribution in [1.29, 1.82) is 0 Å². The Kier molecular flexibility index (Phi) is 19.3. The summed E-state index contributed by atoms with van der Waals surface area (Å²) >= 11 is 0. The number of carbonyl (C=O) groups is 6. The summed E-state index contributed by atoms with van der Waals surface area (Å²) in [4.78, 5) is 74.9. The maximum Gasteiger partial charge on any atom is 0.306 e. The highest BCUT2D eigenvalue weighted by molar-refractivity contribution is 5.92. The van der Waals surface area contributed by atoms with Gasteiger partial charge in [0.15, 0.2) is 0 Å². The predicted octanol–water partition coefficient (Wildman–Crippen LogP) is 0.831. The fourth-order valence-corrected chi connectivity index (χ4v) is 4.78. The summed E-state index contributed by atoms with van der Waals surface area (Å²) in [6, 6.07) is -4.61. The molecule has 5 amide bonds. The highest BCUT2D eigenvalue weighted by atomic mass is 16.4. The molecule has 7 atom stereocenters. The minimum absolute atomic E-state index is 0.0224. The Hall–Kier alpha value is -3.26. The predicted molar refractivity (Wildman–Crippen MR) is 173 cm³/mol. The van der Waals surface area contributed by atoms with E-state index in [1.54, 1.807) is 13.8 Å². The molecule has 0 rings (SSSR count). The molecule has 0 aromatic heterocycles. The second kappa shape index (κ2) is 20.8. The van der Waals surface area contributed by atoms with Gasteiger partial charge in [0, 0.05) is 6.42 Å². The van der Waals surface area contributed by atoms with Gasteiger partial charge in [0.25, 0.3) is 0 Å². The van der Waals surface area contributed by atoms with Gasteiger partial charge in [-0.1, -0.05) is 55.4 Å². The van der Waals surface area contributed by atoms with Crippen LogP contribution in [-0.4, -0.2) is 93.2 Å². The number of aliphatic hydroxyl groups excluding tert-OH is 2. The fourth-order valence-electron chi connectivity index (χ4n) is 4.78. The smallest absolute Gasteiger partial charge is 0.306 e. The lowest BCUT2D eigenvalue weighted by atomic mass is 9.96. The van der Waals surface area contributed by atoms with Gasteiger partial charge in [-0.2, -0.15) is 0 Å². The van der Waals surface area contributed by atoms with E-state index >= 15 is 0 Å². The van der Waals surface area contributed by atoms with Crippen molar-refractivity contribution in [2.45, 2.75) is 144 Å². The number of aliphatic carboxylic acids is 1. The van der Waals surface area contributed by atoms with Crippen LogP contribution in [0.5, 0.6) is 0 Å². The van der Waals surface area contributed by atoms with Gasteiger partial charge in [-0.25, -0.2) is 0 Å². The Morgan fingerprint density at radius 1 is 0.500 bits per heavy atom. The monoisotopic (exact) mass is 657 g/mol. The van der Waals surface area contributed by atoms with Gasteiger partial charge < -0.3 is 41.9 Å². The van der Waals surface area contributed by atoms with Crippen molar-refractivity contribution < 1.29 is 44.1 Å². The van der Waals surface area contributed by atoms with Crippen LogP contribution < -0.4 is 26.6 Å². The lowest BCUT2D eigenvalue weighted by Gasteiger charge is -2.29. The summed E-state index contributed by atoms with van der Waals surface area (Å²) in [5.41, 5.74) is 0. The molecular weight excluding hydrogens is 598 g/mol. The van der Waals surface area contributed by atoms with E-state index in [9.17, 15) is 39.0 Å². The number of amides is 5. The molecule has 0 aliphatic heterocycles. The van der Waals surface area contributed by atoms with E-state index in [0.29, 0.717) is 12.8 Å². The number of hydrogen-bond acceptors (Lipinski definition) is 8. The third-order valence-corrected chi connectivity index (χ3v) is 7.20. The van der Waals surface area contributed by atoms with Crippen molar-refractivity contribution in [2.75, 3.05) is 0 Å². The van der Waals surface area contributed by atoms with Crippen molar-refractivity contribution in [3.05, 3.63) is 0 Å². The number of carbonyl (C=O) groups excluding carboxylic acids is 5. The van der Waals surface area contributed by atoms with E-state index in [1.807, 2.05) is 41.5 Å². The van der Waals surface area contributed by atoms with E-state index in [0.717, 1.165) is 0 Å². The number of hydrogen-bond donors (Lipinski definition) is 8. The summed E-state index contributed by atoms with van der Waals surface area (Å²) < 4.78 is 0. The molecule has 0 radical (unpaired) electrons. The average Bonchev–Trinajstić information content (AvgIpc) is 2.88. The number of carboxylic acid groups (broad SMARTS) is 1. The molecule has 0 bridgehead atoms. The highest BCUT2D eigenvalue weighted by Crippen LogP contribution is 2.14. The Morgan fingerprint density at radius 2 is 0.913 bits per heavy atom. The third-order valence-electron chi connectivity index (χ3n) is 7.20. The van der Waals surface area contributed by atoms with Crippen LogP contribution in [0, 0.1) is 23.7 Å². The zero-order valence-electron chi connectivity index (χ0n) is 29.2. The van der Waals surface area contributed by atoms with Crippen LogP contribution in [0.1, 0.15) is 101 Å². The van der Waals surface area contributed by atoms with E-state index < -0.39 is 84.9 Å². The quantitative estimate of drug-likeness (QED) is 0.0874. The molecule has 0 aliphatic carbocycles. The molecule has 0 heterocycles. The van der Waals surface area contributed by atoms with Crippen LogP contribution in [0.4, 0.5) is 0 Å². The van der Waals surface area contributed by atoms with E-state index in [-0.39, 0.29) is 36.0 Å². The standard InChI is InChI=1S/C32H59N5O9/c1-16(2)11-22(35-31(45)21(10)34-32(46)29(19(7)8)37-26(40)13-18(5)6)24(38)14-27(41)33-20(9)30(44)36-23(12-17(3)4)25(39)15-28(42)43/h16-25,29,38-39H,11-15H2,1-10H3,(H,33,41)(H,34,46)(H,35,45)(H,36,44)(H,37,40)(H,42,43)/t20-,21-,22-,23-,24+,25+,29-/m0/s1. The van der Waals surface area contributed by atoms with Gasteiger partial charge in [0.2, 0.25) is 29.5 Å². The minimum atomic E-state index is -1.32. The Labute approximate surface area is 273 Å². The van der Waals surface area contributed by atoms with E-state index in [2.05, 4.69) is 26.6 Å². The fraction of sp³-hybridized carbons (Fsp3) is 0.812. The summed E-state index contributed by atoms with van der Waals surface area (Å²) in [5.74, 6) is -3.93. The molecule has 14 nitrogen and oxygen atoms in total. The minimum Gasteiger partial charge on any atom is -0.481 e. The van der Waals surface area contributed by atoms with Crippen molar-refractivity contribution in [3.63, 3.8) is 0 Å². The molecule has 0 aliphatic rings. The maximum atomic E-state index is 13.1. The lowest BCUT2D eigenvalue weighted by molar-refractivity contribution is -0.140. The topological polar surface area (TPSA) is 223 Å². The number of carboxylic acids is 1. The van der Waals surface area contributed by atoms with Crippen molar-refractivity contribution >= 4 is 35.5 Å². The van der Waals surface area contributed by atoms with Gasteiger partial charge in [0.1, 0.15) is 18.1 Å².